The van der Waals surface area contributed by atoms with Gasteiger partial charge in [0.2, 0.25) is 26.0 Å². The van der Waals surface area contributed by atoms with Crippen LogP contribution in [0.4, 0.5) is 17.1 Å². The quantitative estimate of drug-likeness (QED) is 0.493. The number of hydrogen-bond acceptors (Lipinski definition) is 7. The van der Waals surface area contributed by atoms with Crippen molar-refractivity contribution < 1.29 is 21.6 Å². The van der Waals surface area contributed by atoms with Gasteiger partial charge in [-0.25, -0.2) is 21.1 Å². The van der Waals surface area contributed by atoms with Crippen molar-refractivity contribution in [2.24, 2.45) is 14.6 Å². The summed E-state index contributed by atoms with van der Waals surface area (Å²) in [6, 6.07) is 9.18. The summed E-state index contributed by atoms with van der Waals surface area (Å²) in [4.78, 5) is 12.9. The minimum Gasteiger partial charge on any atom is -0.325 e. The SMILES string of the molecule is CC(C)[C@H](NS(=O)(=O)c1cccc2c1N=S=N2)C(=O)Nc1ccc(S(=O)(=O)N(C)C)cc1. The molecule has 0 fully saturated rings. The summed E-state index contributed by atoms with van der Waals surface area (Å²) < 4.78 is 62.0. The zero-order valence-corrected chi connectivity index (χ0v) is 20.3. The normalized spacial score (nSPS) is 14.3. The van der Waals surface area contributed by atoms with Crippen LogP contribution in [0.1, 0.15) is 13.8 Å². The molecule has 1 aliphatic heterocycles. The van der Waals surface area contributed by atoms with Gasteiger partial charge < -0.3 is 5.32 Å². The van der Waals surface area contributed by atoms with Gasteiger partial charge in [-0.1, -0.05) is 19.9 Å². The van der Waals surface area contributed by atoms with Crippen molar-refractivity contribution in [3.8, 4) is 0 Å². The molecule has 2 N–H and O–H groups in total. The molecule has 0 unspecified atom stereocenters. The maximum absolute atomic E-state index is 13.0. The van der Waals surface area contributed by atoms with Crippen LogP contribution in [0.2, 0.25) is 0 Å². The van der Waals surface area contributed by atoms with Crippen LogP contribution < -0.4 is 10.0 Å². The summed E-state index contributed by atoms with van der Waals surface area (Å²) in [7, 11) is -4.82. The Kier molecular flexibility index (Phi) is 6.95. The highest BCUT2D eigenvalue weighted by Crippen LogP contribution is 2.37. The van der Waals surface area contributed by atoms with Gasteiger partial charge in [-0.3, -0.25) is 4.79 Å². The third kappa shape index (κ3) is 4.96. The Morgan fingerprint density at radius 2 is 1.66 bits per heavy atom. The van der Waals surface area contributed by atoms with Crippen LogP contribution in [0.25, 0.3) is 0 Å². The maximum Gasteiger partial charge on any atom is 0.243 e. The van der Waals surface area contributed by atoms with Crippen LogP contribution in [0, 0.1) is 5.92 Å². The average Bonchev–Trinajstić information content (AvgIpc) is 3.20. The fraction of sp³-hybridized carbons (Fsp3) is 0.316. The monoisotopic (exact) mass is 497 g/mol. The molecule has 0 saturated carbocycles. The summed E-state index contributed by atoms with van der Waals surface area (Å²) in [6.45, 7) is 3.43. The standard InChI is InChI=1S/C19H23N5O5S3/c1-12(2)17(23-31(26,27)16-7-5-6-15-18(16)22-30-21-15)19(25)20-13-8-10-14(11-9-13)32(28,29)24(3)4/h5-12,17,23H,1-4H3,(H,20,25)/t17-/m0/s1. The molecular formula is C19H23N5O5S3. The number of anilines is 1. The van der Waals surface area contributed by atoms with E-state index in [9.17, 15) is 21.6 Å². The molecule has 10 nitrogen and oxygen atoms in total. The lowest BCUT2D eigenvalue weighted by Crippen LogP contribution is -2.47. The zero-order valence-electron chi connectivity index (χ0n) is 17.8. The predicted octanol–water partition coefficient (Wildman–Crippen LogP) is 2.60. The zero-order chi connectivity index (χ0) is 23.7. The minimum atomic E-state index is -4.07. The number of hydrogen-bond donors (Lipinski definition) is 2. The first-order valence-electron chi connectivity index (χ1n) is 9.50. The molecule has 0 aliphatic carbocycles. The molecule has 0 saturated heterocycles. The number of carbonyl (C=O) groups excluding carboxylic acids is 1. The van der Waals surface area contributed by atoms with Crippen LogP contribution in [0.5, 0.6) is 0 Å². The van der Waals surface area contributed by atoms with Crippen molar-refractivity contribution in [1.29, 1.82) is 0 Å². The Hall–Kier alpha value is -2.45. The smallest absolute Gasteiger partial charge is 0.243 e. The molecule has 0 aromatic heterocycles. The second-order valence-electron chi connectivity index (χ2n) is 7.53. The second-order valence-corrected chi connectivity index (χ2v) is 11.9. The first kappa shape index (κ1) is 24.2. The number of amides is 1. The number of benzene rings is 2. The first-order valence-corrected chi connectivity index (χ1v) is 13.2. The Morgan fingerprint density at radius 3 is 2.25 bits per heavy atom. The van der Waals surface area contributed by atoms with E-state index in [1.807, 2.05) is 0 Å². The molecule has 2 aromatic rings. The molecule has 1 heterocycles. The molecular weight excluding hydrogens is 474 g/mol. The van der Waals surface area contributed by atoms with Gasteiger partial charge in [0.05, 0.1) is 16.3 Å². The molecule has 13 heteroatoms. The molecule has 172 valence electrons. The van der Waals surface area contributed by atoms with Crippen molar-refractivity contribution >= 4 is 54.4 Å². The summed E-state index contributed by atoms with van der Waals surface area (Å²) in [5.74, 6) is -0.943. The van der Waals surface area contributed by atoms with Crippen molar-refractivity contribution in [2.75, 3.05) is 19.4 Å². The van der Waals surface area contributed by atoms with E-state index in [0.29, 0.717) is 11.4 Å². The highest BCUT2D eigenvalue weighted by Gasteiger charge is 2.31. The molecule has 1 amide bonds. The number of sulfonamides is 2. The van der Waals surface area contributed by atoms with Gasteiger partial charge in [-0.15, -0.1) is 0 Å². The number of nitrogens with one attached hydrogen (secondary N) is 2. The van der Waals surface area contributed by atoms with Crippen molar-refractivity contribution in [1.82, 2.24) is 9.03 Å². The lowest BCUT2D eigenvalue weighted by Gasteiger charge is -2.22. The molecule has 2 aromatic carbocycles. The average molecular weight is 498 g/mol. The highest BCUT2D eigenvalue weighted by molar-refractivity contribution is 7.89. The topological polar surface area (TPSA) is 137 Å². The van der Waals surface area contributed by atoms with E-state index in [2.05, 4.69) is 18.8 Å². The molecule has 0 bridgehead atoms. The number of carbonyl (C=O) groups is 1. The first-order chi connectivity index (χ1) is 14.9. The van der Waals surface area contributed by atoms with Crippen molar-refractivity contribution in [2.45, 2.75) is 29.7 Å². The number of fused-ring (bicyclic) bond motifs is 1. The Labute approximate surface area is 191 Å². The molecule has 1 atom stereocenters. The Bertz CT molecular complexity index is 1310. The van der Waals surface area contributed by atoms with Crippen LogP contribution >= 0.6 is 0 Å². The summed E-state index contributed by atoms with van der Waals surface area (Å²) in [5.41, 5.74) is 1.03. The fourth-order valence-corrected chi connectivity index (χ4v) is 5.87. The minimum absolute atomic E-state index is 0.0551. The second kappa shape index (κ2) is 9.19. The van der Waals surface area contributed by atoms with Gasteiger partial charge in [-0.2, -0.15) is 13.4 Å². The maximum atomic E-state index is 13.0. The van der Waals surface area contributed by atoms with Gasteiger partial charge in [0, 0.05) is 19.8 Å². The number of nitrogens with zero attached hydrogens (tertiary/aromatic N) is 3. The van der Waals surface area contributed by atoms with E-state index in [0.717, 1.165) is 15.7 Å². The summed E-state index contributed by atoms with van der Waals surface area (Å²) >= 11 is 0.904. The van der Waals surface area contributed by atoms with E-state index >= 15 is 0 Å². The lowest BCUT2D eigenvalue weighted by molar-refractivity contribution is -0.118. The van der Waals surface area contributed by atoms with Gasteiger partial charge in [-0.05, 0) is 42.3 Å². The van der Waals surface area contributed by atoms with Crippen LogP contribution in [-0.2, 0) is 36.2 Å². The van der Waals surface area contributed by atoms with Crippen molar-refractivity contribution in [3.63, 3.8) is 0 Å². The molecule has 0 spiro atoms. The number of rotatable bonds is 8. The largest absolute Gasteiger partial charge is 0.325 e. The van der Waals surface area contributed by atoms with Gasteiger partial charge in [0.1, 0.15) is 22.3 Å². The van der Waals surface area contributed by atoms with Crippen molar-refractivity contribution in [3.05, 3.63) is 42.5 Å². The third-order valence-electron chi connectivity index (χ3n) is 4.67. The lowest BCUT2D eigenvalue weighted by atomic mass is 10.0. The van der Waals surface area contributed by atoms with E-state index < -0.39 is 32.0 Å². The van der Waals surface area contributed by atoms with E-state index in [1.165, 1.54) is 44.4 Å². The molecule has 32 heavy (non-hydrogen) atoms. The highest BCUT2D eigenvalue weighted by atomic mass is 32.2. The Balaban J connectivity index is 1.80. The van der Waals surface area contributed by atoms with Crippen LogP contribution in [0.15, 0.2) is 61.0 Å². The third-order valence-corrected chi connectivity index (χ3v) is 8.51. The predicted molar refractivity (Wildman–Crippen MR) is 123 cm³/mol. The molecule has 0 radical (unpaired) electrons. The summed E-state index contributed by atoms with van der Waals surface area (Å²) in [6.07, 6.45) is 0. The molecule has 1 aliphatic rings. The fourth-order valence-electron chi connectivity index (χ4n) is 2.86. The van der Waals surface area contributed by atoms with Gasteiger partial charge >= 0.3 is 0 Å². The van der Waals surface area contributed by atoms with E-state index in [4.69, 9.17) is 0 Å². The van der Waals surface area contributed by atoms with Crippen LogP contribution in [0.3, 0.4) is 0 Å². The molecule has 3 rings (SSSR count). The van der Waals surface area contributed by atoms with E-state index in [-0.39, 0.29) is 21.4 Å². The van der Waals surface area contributed by atoms with Crippen LogP contribution in [-0.4, -0.2) is 47.2 Å². The van der Waals surface area contributed by atoms with Gasteiger partial charge in [0.15, 0.2) is 0 Å². The van der Waals surface area contributed by atoms with E-state index in [1.54, 1.807) is 26.0 Å². The summed E-state index contributed by atoms with van der Waals surface area (Å²) in [5, 5.41) is 2.64. The van der Waals surface area contributed by atoms with Gasteiger partial charge in [0.25, 0.3) is 0 Å². The Morgan fingerprint density at radius 1 is 1.00 bits per heavy atom.